The summed E-state index contributed by atoms with van der Waals surface area (Å²) < 4.78 is 0. The molecular formula is C7H15NO4S. The van der Waals surface area contributed by atoms with E-state index in [-0.39, 0.29) is 6.42 Å². The molecule has 1 saturated heterocycles. The molecule has 0 saturated carbocycles. The van der Waals surface area contributed by atoms with E-state index >= 15 is 0 Å². The van der Waals surface area contributed by atoms with Crippen LogP contribution in [0.1, 0.15) is 13.3 Å². The van der Waals surface area contributed by atoms with Gasteiger partial charge in [-0.2, -0.15) is 12.6 Å². The fourth-order valence-electron chi connectivity index (χ4n) is 1.45. The minimum atomic E-state index is -1.86. The quantitative estimate of drug-likeness (QED) is 0.297. The van der Waals surface area contributed by atoms with Crippen LogP contribution in [0, 0.1) is 0 Å². The molecule has 0 bridgehead atoms. The zero-order chi connectivity index (χ0) is 10.2. The minimum Gasteiger partial charge on any atom is -0.389 e. The standard InChI is InChI=1S/C7H15NO4S/c1-2-3(9)7(12)5(11)4(10)6(13)8-7/h3-6,8-13H,2H2,1H3/t3?,4-,5+,6?,7-/m1/s1. The fourth-order valence-corrected chi connectivity index (χ4v) is 1.82. The number of hydrogen-bond acceptors (Lipinski definition) is 6. The zero-order valence-electron chi connectivity index (χ0n) is 7.25. The molecule has 5 nitrogen and oxygen atoms in total. The van der Waals surface area contributed by atoms with E-state index < -0.39 is 29.4 Å². The molecule has 1 aliphatic heterocycles. The number of rotatable bonds is 2. The third-order valence-electron chi connectivity index (χ3n) is 2.37. The summed E-state index contributed by atoms with van der Waals surface area (Å²) in [5, 5.41) is 39.6. The lowest BCUT2D eigenvalue weighted by Crippen LogP contribution is -2.58. The largest absolute Gasteiger partial charge is 0.389 e. The summed E-state index contributed by atoms with van der Waals surface area (Å²) in [7, 11) is 0. The molecule has 0 aromatic carbocycles. The monoisotopic (exact) mass is 209 g/mol. The van der Waals surface area contributed by atoms with E-state index in [1.807, 2.05) is 0 Å². The van der Waals surface area contributed by atoms with E-state index in [1.165, 1.54) is 0 Å². The van der Waals surface area contributed by atoms with E-state index in [2.05, 4.69) is 17.9 Å². The fraction of sp³-hybridized carbons (Fsp3) is 1.00. The van der Waals surface area contributed by atoms with Gasteiger partial charge >= 0.3 is 0 Å². The van der Waals surface area contributed by atoms with Crippen molar-refractivity contribution in [1.29, 1.82) is 0 Å². The van der Waals surface area contributed by atoms with Crippen molar-refractivity contribution >= 4 is 12.6 Å². The average molecular weight is 209 g/mol. The smallest absolute Gasteiger partial charge is 0.172 e. The number of nitrogens with one attached hydrogen (secondary N) is 1. The highest BCUT2D eigenvalue weighted by atomic mass is 32.1. The molecule has 1 rings (SSSR count). The maximum atomic E-state index is 9.75. The first-order chi connectivity index (χ1) is 5.93. The van der Waals surface area contributed by atoms with E-state index in [0.29, 0.717) is 0 Å². The van der Waals surface area contributed by atoms with Crippen molar-refractivity contribution in [3.63, 3.8) is 0 Å². The second-order valence-corrected chi connectivity index (χ2v) is 3.83. The summed E-state index contributed by atoms with van der Waals surface area (Å²) >= 11 is 3.90. The lowest BCUT2D eigenvalue weighted by Gasteiger charge is -2.31. The zero-order valence-corrected chi connectivity index (χ0v) is 8.15. The van der Waals surface area contributed by atoms with Gasteiger partial charge in [-0.15, -0.1) is 0 Å². The molecule has 1 fully saturated rings. The van der Waals surface area contributed by atoms with Gasteiger partial charge in [0.2, 0.25) is 0 Å². The maximum absolute atomic E-state index is 9.75. The van der Waals surface area contributed by atoms with Gasteiger partial charge in [-0.1, -0.05) is 6.92 Å². The molecule has 13 heavy (non-hydrogen) atoms. The van der Waals surface area contributed by atoms with Crippen molar-refractivity contribution in [2.75, 3.05) is 0 Å². The van der Waals surface area contributed by atoms with Gasteiger partial charge in [-0.05, 0) is 6.42 Å². The highest BCUT2D eigenvalue weighted by Gasteiger charge is 2.53. The Morgan fingerprint density at radius 3 is 2.38 bits per heavy atom. The first-order valence-electron chi connectivity index (χ1n) is 4.15. The molecule has 6 heteroatoms. The molecule has 0 aromatic heterocycles. The summed E-state index contributed by atoms with van der Waals surface area (Å²) in [6.07, 6.45) is -3.47. The van der Waals surface area contributed by atoms with Crippen molar-refractivity contribution in [2.24, 2.45) is 0 Å². The Labute approximate surface area is 81.8 Å². The van der Waals surface area contributed by atoms with E-state index in [1.54, 1.807) is 6.92 Å². The SMILES string of the molecule is CCC(O)[C@]1(O)NC(S)[C@H](O)[C@@H]1O. The van der Waals surface area contributed by atoms with Gasteiger partial charge in [0.1, 0.15) is 12.2 Å². The van der Waals surface area contributed by atoms with Crippen LogP contribution < -0.4 is 5.32 Å². The van der Waals surface area contributed by atoms with Crippen LogP contribution in [0.2, 0.25) is 0 Å². The summed E-state index contributed by atoms with van der Waals surface area (Å²) in [5.41, 5.74) is -1.86. The molecular weight excluding hydrogens is 194 g/mol. The lowest BCUT2D eigenvalue weighted by molar-refractivity contribution is -0.158. The van der Waals surface area contributed by atoms with Crippen LogP contribution in [0.15, 0.2) is 0 Å². The van der Waals surface area contributed by atoms with Crippen LogP contribution in [0.4, 0.5) is 0 Å². The number of aliphatic hydroxyl groups is 4. The van der Waals surface area contributed by atoms with Crippen LogP contribution in [0.5, 0.6) is 0 Å². The van der Waals surface area contributed by atoms with Gasteiger partial charge in [0.25, 0.3) is 0 Å². The van der Waals surface area contributed by atoms with Crippen molar-refractivity contribution in [2.45, 2.75) is 42.8 Å². The Balaban J connectivity index is 2.80. The molecule has 0 spiro atoms. The number of aliphatic hydroxyl groups excluding tert-OH is 3. The average Bonchev–Trinajstić information content (AvgIpc) is 2.30. The van der Waals surface area contributed by atoms with Crippen LogP contribution in [-0.2, 0) is 0 Å². The summed E-state index contributed by atoms with van der Waals surface area (Å²) in [4.78, 5) is 0. The Kier molecular flexibility index (Phi) is 3.21. The van der Waals surface area contributed by atoms with E-state index in [9.17, 15) is 20.4 Å². The van der Waals surface area contributed by atoms with Gasteiger partial charge in [-0.3, -0.25) is 5.32 Å². The highest BCUT2D eigenvalue weighted by Crippen LogP contribution is 2.28. The van der Waals surface area contributed by atoms with Crippen molar-refractivity contribution < 1.29 is 20.4 Å². The summed E-state index contributed by atoms with van der Waals surface area (Å²) in [6.45, 7) is 1.66. The second-order valence-electron chi connectivity index (χ2n) is 3.27. The first kappa shape index (κ1) is 11.2. The van der Waals surface area contributed by atoms with Gasteiger partial charge < -0.3 is 20.4 Å². The van der Waals surface area contributed by atoms with Crippen molar-refractivity contribution in [1.82, 2.24) is 5.32 Å². The van der Waals surface area contributed by atoms with Crippen molar-refractivity contribution in [3.8, 4) is 0 Å². The van der Waals surface area contributed by atoms with E-state index in [0.717, 1.165) is 0 Å². The van der Waals surface area contributed by atoms with Crippen LogP contribution in [-0.4, -0.2) is 49.8 Å². The highest BCUT2D eigenvalue weighted by molar-refractivity contribution is 7.81. The molecule has 1 aliphatic rings. The molecule has 5 atom stereocenters. The molecule has 0 amide bonds. The Bertz CT molecular complexity index is 193. The minimum absolute atomic E-state index is 0.272. The third kappa shape index (κ3) is 1.70. The van der Waals surface area contributed by atoms with Crippen LogP contribution >= 0.6 is 12.6 Å². The molecule has 0 aliphatic carbocycles. The molecule has 2 unspecified atom stereocenters. The predicted octanol–water partition coefficient (Wildman–Crippen LogP) is -1.97. The Morgan fingerprint density at radius 1 is 1.54 bits per heavy atom. The Hall–Kier alpha value is 0.150. The van der Waals surface area contributed by atoms with Gasteiger partial charge in [0.05, 0.1) is 11.5 Å². The second kappa shape index (κ2) is 3.72. The van der Waals surface area contributed by atoms with Gasteiger partial charge in [0.15, 0.2) is 5.72 Å². The Morgan fingerprint density at radius 2 is 2.08 bits per heavy atom. The summed E-state index contributed by atoms with van der Waals surface area (Å²) in [5.74, 6) is 0. The van der Waals surface area contributed by atoms with Crippen LogP contribution in [0.3, 0.4) is 0 Å². The molecule has 0 radical (unpaired) electrons. The predicted molar refractivity (Wildman–Crippen MR) is 49.2 cm³/mol. The first-order valence-corrected chi connectivity index (χ1v) is 4.67. The maximum Gasteiger partial charge on any atom is 0.172 e. The normalized spacial score (nSPS) is 48.0. The molecule has 78 valence electrons. The summed E-state index contributed by atoms with van der Waals surface area (Å²) in [6, 6.07) is 0. The van der Waals surface area contributed by atoms with E-state index in [4.69, 9.17) is 0 Å². The third-order valence-corrected chi connectivity index (χ3v) is 2.81. The lowest BCUT2D eigenvalue weighted by atomic mass is 9.99. The molecule has 5 N–H and O–H groups in total. The van der Waals surface area contributed by atoms with Gasteiger partial charge in [0, 0.05) is 0 Å². The molecule has 1 heterocycles. The van der Waals surface area contributed by atoms with Crippen LogP contribution in [0.25, 0.3) is 0 Å². The van der Waals surface area contributed by atoms with Gasteiger partial charge in [-0.25, -0.2) is 0 Å². The molecule has 0 aromatic rings. The van der Waals surface area contributed by atoms with Crippen molar-refractivity contribution in [3.05, 3.63) is 0 Å². The topological polar surface area (TPSA) is 93.0 Å². The number of thiol groups is 1. The number of hydrogen-bond donors (Lipinski definition) is 6.